The van der Waals surface area contributed by atoms with Gasteiger partial charge in [-0.3, -0.25) is 10.1 Å². The van der Waals surface area contributed by atoms with Crippen LogP contribution in [-0.2, 0) is 16.0 Å². The molecule has 0 fully saturated rings. The number of hydrogen-bond donors (Lipinski definition) is 1. The highest BCUT2D eigenvalue weighted by Crippen LogP contribution is 2.20. The van der Waals surface area contributed by atoms with E-state index in [1.54, 1.807) is 18.2 Å². The number of esters is 1. The molecular weight excluding hydrogens is 376 g/mol. The summed E-state index contributed by atoms with van der Waals surface area (Å²) in [5.41, 5.74) is 2.26. The maximum atomic E-state index is 12.1. The lowest BCUT2D eigenvalue weighted by Crippen LogP contribution is -2.43. The molecule has 0 saturated heterocycles. The molecule has 0 aliphatic rings. The number of hydrogen-bond acceptors (Lipinski definition) is 5. The zero-order chi connectivity index (χ0) is 19.3. The number of aryl methyl sites for hydroxylation is 1. The molecule has 2 aromatic carbocycles. The fraction of sp³-hybridized carbons (Fsp3) is 0.222. The number of carbonyl (C=O) groups is 1. The summed E-state index contributed by atoms with van der Waals surface area (Å²) in [5, 5.41) is 14.2. The number of carbonyl (C=O) groups excluding carboxylic acids is 1. The van der Waals surface area contributed by atoms with Crippen molar-refractivity contribution in [3.63, 3.8) is 0 Å². The fourth-order valence-corrected chi connectivity index (χ4v) is 3.26. The Morgan fingerprint density at radius 1 is 1.31 bits per heavy atom. The van der Waals surface area contributed by atoms with E-state index in [-0.39, 0.29) is 12.1 Å². The van der Waals surface area contributed by atoms with Gasteiger partial charge in [-0.25, -0.2) is 4.79 Å². The molecular formula is C18H17ClN2O4S. The molecule has 1 atom stereocenters. The summed E-state index contributed by atoms with van der Waals surface area (Å²) in [5.74, 6) is -0.490. The van der Waals surface area contributed by atoms with Crippen molar-refractivity contribution >= 4 is 40.5 Å². The number of ether oxygens (including phenoxy) is 1. The third-order valence-corrected chi connectivity index (χ3v) is 4.46. The van der Waals surface area contributed by atoms with Crippen LogP contribution in [0.1, 0.15) is 16.7 Å². The largest absolute Gasteiger partial charge is 0.467 e. The van der Waals surface area contributed by atoms with Crippen LogP contribution in [0.4, 0.5) is 5.69 Å². The SMILES string of the molecule is COC(=O)C(Cc1ccc([N+](=O)[O-])cc1)NC(=S)c1c(C)cccc1Cl. The number of thiocarbonyl (C=S) groups is 1. The van der Waals surface area contributed by atoms with Crippen molar-refractivity contribution < 1.29 is 14.5 Å². The molecule has 1 N–H and O–H groups in total. The van der Waals surface area contributed by atoms with Crippen LogP contribution < -0.4 is 5.32 Å². The first kappa shape index (κ1) is 19.8. The minimum absolute atomic E-state index is 0.0152. The summed E-state index contributed by atoms with van der Waals surface area (Å²) in [6.45, 7) is 1.87. The Morgan fingerprint density at radius 3 is 2.50 bits per heavy atom. The van der Waals surface area contributed by atoms with Gasteiger partial charge in [0.25, 0.3) is 5.69 Å². The smallest absolute Gasteiger partial charge is 0.328 e. The summed E-state index contributed by atoms with van der Waals surface area (Å²) < 4.78 is 4.84. The molecule has 136 valence electrons. The van der Waals surface area contributed by atoms with Crippen molar-refractivity contribution in [1.29, 1.82) is 0 Å². The van der Waals surface area contributed by atoms with E-state index >= 15 is 0 Å². The van der Waals surface area contributed by atoms with Gasteiger partial charge in [0.2, 0.25) is 0 Å². The van der Waals surface area contributed by atoms with Gasteiger partial charge in [0.1, 0.15) is 11.0 Å². The molecule has 0 aliphatic carbocycles. The molecule has 0 amide bonds. The molecule has 0 bridgehead atoms. The predicted octanol–water partition coefficient (Wildman–Crippen LogP) is 3.61. The number of non-ortho nitro benzene ring substituents is 1. The Hall–Kier alpha value is -2.51. The maximum absolute atomic E-state index is 12.1. The van der Waals surface area contributed by atoms with Crippen LogP contribution in [0.15, 0.2) is 42.5 Å². The highest BCUT2D eigenvalue weighted by atomic mass is 35.5. The maximum Gasteiger partial charge on any atom is 0.328 e. The second kappa shape index (κ2) is 8.73. The zero-order valence-electron chi connectivity index (χ0n) is 14.2. The number of nitrogens with zero attached hydrogens (tertiary/aromatic N) is 1. The molecule has 8 heteroatoms. The second-order valence-electron chi connectivity index (χ2n) is 5.61. The second-order valence-corrected chi connectivity index (χ2v) is 6.42. The van der Waals surface area contributed by atoms with E-state index in [1.807, 2.05) is 19.1 Å². The predicted molar refractivity (Wildman–Crippen MR) is 104 cm³/mol. The van der Waals surface area contributed by atoms with Crippen LogP contribution in [0.3, 0.4) is 0 Å². The first-order chi connectivity index (χ1) is 12.3. The van der Waals surface area contributed by atoms with E-state index in [1.165, 1.54) is 19.2 Å². The van der Waals surface area contributed by atoms with Gasteiger partial charge in [0, 0.05) is 24.1 Å². The van der Waals surface area contributed by atoms with Crippen molar-refractivity contribution in [1.82, 2.24) is 5.32 Å². The molecule has 0 heterocycles. The van der Waals surface area contributed by atoms with Gasteiger partial charge in [0.05, 0.1) is 17.1 Å². The topological polar surface area (TPSA) is 81.5 Å². The first-order valence-corrected chi connectivity index (χ1v) is 8.49. The van der Waals surface area contributed by atoms with Crippen molar-refractivity contribution in [3.8, 4) is 0 Å². The molecule has 2 aromatic rings. The van der Waals surface area contributed by atoms with Gasteiger partial charge in [-0.15, -0.1) is 0 Å². The summed E-state index contributed by atoms with van der Waals surface area (Å²) >= 11 is 11.6. The molecule has 1 unspecified atom stereocenters. The highest BCUT2D eigenvalue weighted by Gasteiger charge is 2.23. The average Bonchev–Trinajstić information content (AvgIpc) is 2.60. The van der Waals surface area contributed by atoms with Crippen molar-refractivity contribution in [2.75, 3.05) is 7.11 Å². The van der Waals surface area contributed by atoms with E-state index in [2.05, 4.69) is 5.32 Å². The van der Waals surface area contributed by atoms with Gasteiger partial charge in [-0.05, 0) is 24.1 Å². The molecule has 2 rings (SSSR count). The first-order valence-electron chi connectivity index (χ1n) is 7.70. The molecule has 0 saturated carbocycles. The van der Waals surface area contributed by atoms with Gasteiger partial charge in [0.15, 0.2) is 0 Å². The number of nitro groups is 1. The van der Waals surface area contributed by atoms with Crippen LogP contribution in [0.25, 0.3) is 0 Å². The Labute approximate surface area is 161 Å². The third kappa shape index (κ3) is 4.77. The van der Waals surface area contributed by atoms with Crippen molar-refractivity contribution in [2.24, 2.45) is 0 Å². The number of halogens is 1. The lowest BCUT2D eigenvalue weighted by Gasteiger charge is -2.20. The summed E-state index contributed by atoms with van der Waals surface area (Å²) in [7, 11) is 1.29. The number of nitrogens with one attached hydrogen (secondary N) is 1. The normalized spacial score (nSPS) is 11.5. The molecule has 0 aliphatic heterocycles. The van der Waals surface area contributed by atoms with Gasteiger partial charge < -0.3 is 10.1 Å². The summed E-state index contributed by atoms with van der Waals surface area (Å²) in [4.78, 5) is 22.7. The zero-order valence-corrected chi connectivity index (χ0v) is 15.8. The highest BCUT2D eigenvalue weighted by molar-refractivity contribution is 7.80. The summed E-state index contributed by atoms with van der Waals surface area (Å²) in [6.07, 6.45) is 0.258. The Kier molecular flexibility index (Phi) is 6.65. The quantitative estimate of drug-likeness (QED) is 0.350. The standard InChI is InChI=1S/C18H17ClN2O4S/c1-11-4-3-5-14(19)16(11)17(26)20-15(18(22)25-2)10-12-6-8-13(9-7-12)21(23)24/h3-9,15H,10H2,1-2H3,(H,20,26). The minimum atomic E-state index is -0.746. The lowest BCUT2D eigenvalue weighted by atomic mass is 10.0. The van der Waals surface area contributed by atoms with Crippen molar-refractivity contribution in [3.05, 3.63) is 74.3 Å². The van der Waals surface area contributed by atoms with Gasteiger partial charge >= 0.3 is 5.97 Å². The average molecular weight is 393 g/mol. The van der Waals surface area contributed by atoms with Crippen molar-refractivity contribution in [2.45, 2.75) is 19.4 Å². The van der Waals surface area contributed by atoms with Crippen LogP contribution in [0, 0.1) is 17.0 Å². The molecule has 0 aromatic heterocycles. The number of nitro benzene ring substituents is 1. The van der Waals surface area contributed by atoms with E-state index < -0.39 is 16.9 Å². The van der Waals surface area contributed by atoms with E-state index in [9.17, 15) is 14.9 Å². The minimum Gasteiger partial charge on any atom is -0.467 e. The Balaban J connectivity index is 2.21. The Morgan fingerprint density at radius 2 is 1.96 bits per heavy atom. The summed E-state index contributed by atoms with van der Waals surface area (Å²) in [6, 6.07) is 10.6. The van der Waals surface area contributed by atoms with Crippen LogP contribution in [0.2, 0.25) is 5.02 Å². The molecule has 0 radical (unpaired) electrons. The monoisotopic (exact) mass is 392 g/mol. The van der Waals surface area contributed by atoms with Crippen LogP contribution in [-0.4, -0.2) is 29.0 Å². The molecule has 0 spiro atoms. The van der Waals surface area contributed by atoms with E-state index in [0.29, 0.717) is 15.6 Å². The van der Waals surface area contributed by atoms with Crippen LogP contribution >= 0.6 is 23.8 Å². The molecule has 6 nitrogen and oxygen atoms in total. The van der Waals surface area contributed by atoms with Gasteiger partial charge in [-0.2, -0.15) is 0 Å². The van der Waals surface area contributed by atoms with E-state index in [0.717, 1.165) is 11.1 Å². The molecule has 26 heavy (non-hydrogen) atoms. The Bertz CT molecular complexity index is 819. The number of benzene rings is 2. The number of methoxy groups -OCH3 is 1. The van der Waals surface area contributed by atoms with Gasteiger partial charge in [-0.1, -0.05) is 48.1 Å². The lowest BCUT2D eigenvalue weighted by molar-refractivity contribution is -0.384. The fourth-order valence-electron chi connectivity index (χ4n) is 2.47. The van der Waals surface area contributed by atoms with E-state index in [4.69, 9.17) is 28.6 Å². The van der Waals surface area contributed by atoms with Crippen LogP contribution in [0.5, 0.6) is 0 Å². The number of rotatable bonds is 6. The third-order valence-electron chi connectivity index (χ3n) is 3.83.